The molecule has 0 amide bonds. The van der Waals surface area contributed by atoms with E-state index in [1.54, 1.807) is 12.2 Å². The molecule has 70 valence electrons. The van der Waals surface area contributed by atoms with Gasteiger partial charge in [-0.05, 0) is 19.9 Å². The topological polar surface area (TPSA) is 35.2 Å². The maximum absolute atomic E-state index is 12.7. The van der Waals surface area contributed by atoms with Crippen LogP contribution in [0, 0.1) is 0 Å². The van der Waals surface area contributed by atoms with Crippen LogP contribution in [0.1, 0.15) is 13.8 Å². The summed E-state index contributed by atoms with van der Waals surface area (Å²) in [5.41, 5.74) is 5.17. The molecule has 3 heteroatoms. The average molecular weight is 173 g/mol. The first kappa shape index (κ1) is 11.3. The molecule has 2 N–H and O–H groups in total. The second-order valence-corrected chi connectivity index (χ2v) is 2.64. The van der Waals surface area contributed by atoms with Crippen molar-refractivity contribution in [3.63, 3.8) is 0 Å². The van der Waals surface area contributed by atoms with E-state index < -0.39 is 0 Å². The molecular formula is C9H16FNO. The smallest absolute Gasteiger partial charge is 0.126 e. The van der Waals surface area contributed by atoms with Crippen molar-refractivity contribution in [2.24, 2.45) is 5.73 Å². The summed E-state index contributed by atoms with van der Waals surface area (Å²) in [5, 5.41) is 0. The molecule has 0 atom stereocenters. The van der Waals surface area contributed by atoms with Crippen molar-refractivity contribution < 1.29 is 9.13 Å². The number of hydrogen-bond acceptors (Lipinski definition) is 2. The number of hydrogen-bond donors (Lipinski definition) is 1. The summed E-state index contributed by atoms with van der Waals surface area (Å²) >= 11 is 0. The van der Waals surface area contributed by atoms with E-state index in [-0.39, 0.29) is 18.5 Å². The molecule has 0 aliphatic heterocycles. The Labute approximate surface area is 72.9 Å². The van der Waals surface area contributed by atoms with Gasteiger partial charge in [-0.25, -0.2) is 4.39 Å². The Kier molecular flexibility index (Phi) is 6.61. The highest BCUT2D eigenvalue weighted by atomic mass is 19.1. The van der Waals surface area contributed by atoms with Crippen LogP contribution < -0.4 is 5.73 Å². The molecule has 0 aliphatic carbocycles. The lowest BCUT2D eigenvalue weighted by molar-refractivity contribution is 0.0870. The number of ether oxygens (including phenoxy) is 1. The standard InChI is InChI=1S/C9H16FNO/c1-8(2)12-7-9(10)5-3-4-6-11/h3-5,8H,6-7,11H2,1-2H3/b4-3-,9-5+. The third-order valence-electron chi connectivity index (χ3n) is 1.10. The van der Waals surface area contributed by atoms with E-state index in [4.69, 9.17) is 10.5 Å². The molecule has 0 aromatic rings. The molecule has 0 unspecified atom stereocenters. The fourth-order valence-electron chi connectivity index (χ4n) is 0.545. The Morgan fingerprint density at radius 3 is 2.75 bits per heavy atom. The van der Waals surface area contributed by atoms with Gasteiger partial charge in [0.1, 0.15) is 5.83 Å². The fraction of sp³-hybridized carbons (Fsp3) is 0.556. The molecule has 0 heterocycles. The molecule has 0 fully saturated rings. The van der Waals surface area contributed by atoms with Crippen molar-refractivity contribution >= 4 is 0 Å². The molecule has 0 rings (SSSR count). The van der Waals surface area contributed by atoms with E-state index >= 15 is 0 Å². The third kappa shape index (κ3) is 7.44. The normalized spacial score (nSPS) is 13.2. The minimum Gasteiger partial charge on any atom is -0.372 e. The summed E-state index contributed by atoms with van der Waals surface area (Å²) in [4.78, 5) is 0. The Morgan fingerprint density at radius 1 is 1.58 bits per heavy atom. The van der Waals surface area contributed by atoms with Crippen molar-refractivity contribution in [1.82, 2.24) is 0 Å². The lowest BCUT2D eigenvalue weighted by atomic mass is 10.4. The molecule has 0 aromatic carbocycles. The molecule has 0 bridgehead atoms. The molecule has 0 saturated carbocycles. The van der Waals surface area contributed by atoms with Crippen LogP contribution in [0.25, 0.3) is 0 Å². The molecule has 0 aromatic heterocycles. The maximum atomic E-state index is 12.7. The summed E-state index contributed by atoms with van der Waals surface area (Å²) in [5.74, 6) is -0.284. The van der Waals surface area contributed by atoms with Gasteiger partial charge in [0.2, 0.25) is 0 Å². The van der Waals surface area contributed by atoms with Crippen LogP contribution in [0.4, 0.5) is 4.39 Å². The van der Waals surface area contributed by atoms with Crippen LogP contribution in [0.5, 0.6) is 0 Å². The van der Waals surface area contributed by atoms with Gasteiger partial charge in [-0.1, -0.05) is 12.2 Å². The summed E-state index contributed by atoms with van der Waals surface area (Å²) in [6, 6.07) is 0. The zero-order valence-electron chi connectivity index (χ0n) is 7.59. The Bertz CT molecular complexity index is 164. The average Bonchev–Trinajstić information content (AvgIpc) is 2.01. The molecule has 0 saturated heterocycles. The van der Waals surface area contributed by atoms with E-state index in [0.29, 0.717) is 6.54 Å². The first-order valence-electron chi connectivity index (χ1n) is 3.99. The number of allylic oxidation sites excluding steroid dienone is 2. The van der Waals surface area contributed by atoms with E-state index in [9.17, 15) is 4.39 Å². The summed E-state index contributed by atoms with van der Waals surface area (Å²) in [7, 11) is 0. The van der Waals surface area contributed by atoms with Gasteiger partial charge in [-0.2, -0.15) is 0 Å². The lowest BCUT2D eigenvalue weighted by Gasteiger charge is -2.04. The Morgan fingerprint density at radius 2 is 2.25 bits per heavy atom. The van der Waals surface area contributed by atoms with Gasteiger partial charge in [-0.15, -0.1) is 0 Å². The molecule has 12 heavy (non-hydrogen) atoms. The lowest BCUT2D eigenvalue weighted by Crippen LogP contribution is -2.03. The van der Waals surface area contributed by atoms with Crippen LogP contribution in [-0.4, -0.2) is 19.3 Å². The van der Waals surface area contributed by atoms with Gasteiger partial charge in [0.05, 0.1) is 12.7 Å². The van der Waals surface area contributed by atoms with Crippen molar-refractivity contribution in [2.45, 2.75) is 20.0 Å². The Hall–Kier alpha value is -0.670. The van der Waals surface area contributed by atoms with E-state index in [2.05, 4.69) is 0 Å². The number of halogens is 1. The zero-order valence-corrected chi connectivity index (χ0v) is 7.59. The van der Waals surface area contributed by atoms with Gasteiger partial charge in [0.15, 0.2) is 0 Å². The van der Waals surface area contributed by atoms with E-state index in [0.717, 1.165) is 0 Å². The molecule has 2 nitrogen and oxygen atoms in total. The third-order valence-corrected chi connectivity index (χ3v) is 1.10. The van der Waals surface area contributed by atoms with E-state index in [1.807, 2.05) is 13.8 Å². The second-order valence-electron chi connectivity index (χ2n) is 2.64. The van der Waals surface area contributed by atoms with E-state index in [1.165, 1.54) is 6.08 Å². The van der Waals surface area contributed by atoms with Gasteiger partial charge in [0, 0.05) is 6.54 Å². The van der Waals surface area contributed by atoms with Gasteiger partial charge < -0.3 is 10.5 Å². The van der Waals surface area contributed by atoms with Crippen molar-refractivity contribution in [2.75, 3.05) is 13.2 Å². The van der Waals surface area contributed by atoms with Gasteiger partial charge >= 0.3 is 0 Å². The van der Waals surface area contributed by atoms with Gasteiger partial charge in [-0.3, -0.25) is 0 Å². The van der Waals surface area contributed by atoms with Crippen molar-refractivity contribution in [3.05, 3.63) is 24.1 Å². The number of rotatable bonds is 5. The van der Waals surface area contributed by atoms with Crippen LogP contribution >= 0.6 is 0 Å². The van der Waals surface area contributed by atoms with Crippen molar-refractivity contribution in [1.29, 1.82) is 0 Å². The van der Waals surface area contributed by atoms with Crippen LogP contribution in [-0.2, 0) is 4.74 Å². The highest BCUT2D eigenvalue weighted by Gasteiger charge is 1.95. The fourth-order valence-corrected chi connectivity index (χ4v) is 0.545. The molecular weight excluding hydrogens is 157 g/mol. The SMILES string of the molecule is CC(C)OC/C(F)=C\C=C/CN. The van der Waals surface area contributed by atoms with Crippen molar-refractivity contribution in [3.8, 4) is 0 Å². The monoisotopic (exact) mass is 173 g/mol. The minimum atomic E-state index is -0.284. The molecule has 0 spiro atoms. The molecule has 0 radical (unpaired) electrons. The predicted octanol–water partition coefficient (Wildman–Crippen LogP) is 1.78. The largest absolute Gasteiger partial charge is 0.372 e. The Balaban J connectivity index is 3.63. The van der Waals surface area contributed by atoms with Crippen LogP contribution in [0.2, 0.25) is 0 Å². The zero-order chi connectivity index (χ0) is 9.40. The first-order valence-corrected chi connectivity index (χ1v) is 3.99. The maximum Gasteiger partial charge on any atom is 0.126 e. The minimum absolute atomic E-state index is 0.0343. The van der Waals surface area contributed by atoms with Gasteiger partial charge in [0.25, 0.3) is 0 Å². The number of nitrogens with two attached hydrogens (primary N) is 1. The molecule has 0 aliphatic rings. The predicted molar refractivity (Wildman–Crippen MR) is 48.5 cm³/mol. The highest BCUT2D eigenvalue weighted by molar-refractivity contribution is 5.07. The highest BCUT2D eigenvalue weighted by Crippen LogP contribution is 1.99. The summed E-state index contributed by atoms with van der Waals surface area (Å²) in [6.07, 6.45) is 4.67. The van der Waals surface area contributed by atoms with Crippen LogP contribution in [0.15, 0.2) is 24.1 Å². The van der Waals surface area contributed by atoms with Crippen LogP contribution in [0.3, 0.4) is 0 Å². The second kappa shape index (κ2) is 7.00. The summed E-state index contributed by atoms with van der Waals surface area (Å²) < 4.78 is 17.8. The summed E-state index contributed by atoms with van der Waals surface area (Å²) in [6.45, 7) is 4.19. The first-order chi connectivity index (χ1) is 5.66. The quantitative estimate of drug-likeness (QED) is 0.643.